The van der Waals surface area contributed by atoms with Crippen LogP contribution >= 0.6 is 0 Å². The second-order valence-corrected chi connectivity index (χ2v) is 5.27. The molecule has 1 fully saturated rings. The van der Waals surface area contributed by atoms with Crippen LogP contribution in [-0.4, -0.2) is 33.5 Å². The molecule has 20 heavy (non-hydrogen) atoms. The quantitative estimate of drug-likeness (QED) is 0.816. The standard InChI is InChI=1S/C14H19N3O3/c18-12(11-9-15-7-8-16-11)17-10-14(13(19)20)5-3-1-2-4-6-14/h7-9H,1-6,10H2,(H,17,18)(H,19,20). The zero-order valence-corrected chi connectivity index (χ0v) is 11.3. The topological polar surface area (TPSA) is 92.2 Å². The van der Waals surface area contributed by atoms with E-state index in [2.05, 4.69) is 15.3 Å². The van der Waals surface area contributed by atoms with Gasteiger partial charge in [-0.25, -0.2) is 4.98 Å². The summed E-state index contributed by atoms with van der Waals surface area (Å²) >= 11 is 0. The Morgan fingerprint density at radius 2 is 1.90 bits per heavy atom. The maximum atomic E-state index is 11.9. The molecule has 1 heterocycles. The van der Waals surface area contributed by atoms with Gasteiger partial charge in [-0.1, -0.05) is 25.7 Å². The minimum absolute atomic E-state index is 0.151. The summed E-state index contributed by atoms with van der Waals surface area (Å²) in [6.45, 7) is 0.151. The predicted molar refractivity (Wildman–Crippen MR) is 72.1 cm³/mol. The molecule has 0 atom stereocenters. The van der Waals surface area contributed by atoms with Crippen molar-refractivity contribution in [1.82, 2.24) is 15.3 Å². The van der Waals surface area contributed by atoms with E-state index in [-0.39, 0.29) is 18.1 Å². The van der Waals surface area contributed by atoms with E-state index in [1.807, 2.05) is 0 Å². The molecule has 2 N–H and O–H groups in total. The lowest BCUT2D eigenvalue weighted by atomic mass is 9.80. The summed E-state index contributed by atoms with van der Waals surface area (Å²) in [5.74, 6) is -1.19. The van der Waals surface area contributed by atoms with Gasteiger partial charge in [-0.15, -0.1) is 0 Å². The first-order valence-electron chi connectivity index (χ1n) is 6.92. The molecular weight excluding hydrogens is 258 g/mol. The normalized spacial score (nSPS) is 18.0. The lowest BCUT2D eigenvalue weighted by Gasteiger charge is -2.28. The molecule has 0 saturated heterocycles. The fraction of sp³-hybridized carbons (Fsp3) is 0.571. The van der Waals surface area contributed by atoms with Crippen LogP contribution in [0.25, 0.3) is 0 Å². The molecule has 1 amide bonds. The minimum Gasteiger partial charge on any atom is -0.481 e. The van der Waals surface area contributed by atoms with E-state index in [0.29, 0.717) is 12.8 Å². The van der Waals surface area contributed by atoms with Crippen LogP contribution in [0.1, 0.15) is 49.0 Å². The van der Waals surface area contributed by atoms with Crippen molar-refractivity contribution in [2.24, 2.45) is 5.41 Å². The van der Waals surface area contributed by atoms with Gasteiger partial charge in [0.05, 0.1) is 11.6 Å². The molecule has 1 aromatic heterocycles. The summed E-state index contributed by atoms with van der Waals surface area (Å²) in [5, 5.41) is 12.2. The number of amides is 1. The zero-order chi connectivity index (χ0) is 14.4. The fourth-order valence-electron chi connectivity index (χ4n) is 2.63. The molecule has 0 unspecified atom stereocenters. The van der Waals surface area contributed by atoms with Gasteiger partial charge < -0.3 is 10.4 Å². The molecule has 1 aliphatic rings. The Kier molecular flexibility index (Phi) is 4.65. The molecule has 2 rings (SSSR count). The zero-order valence-electron chi connectivity index (χ0n) is 11.3. The highest BCUT2D eigenvalue weighted by molar-refractivity contribution is 5.92. The third-order valence-electron chi connectivity index (χ3n) is 3.90. The van der Waals surface area contributed by atoms with Crippen LogP contribution in [-0.2, 0) is 4.79 Å². The first-order chi connectivity index (χ1) is 9.64. The third-order valence-corrected chi connectivity index (χ3v) is 3.90. The van der Waals surface area contributed by atoms with E-state index in [4.69, 9.17) is 0 Å². The molecule has 1 aromatic rings. The van der Waals surface area contributed by atoms with Gasteiger partial charge in [0.2, 0.25) is 0 Å². The minimum atomic E-state index is -0.839. The predicted octanol–water partition coefficient (Wildman–Crippen LogP) is 1.63. The molecule has 0 aromatic carbocycles. The number of carboxylic acids is 1. The van der Waals surface area contributed by atoms with E-state index in [1.54, 1.807) is 0 Å². The highest BCUT2D eigenvalue weighted by Crippen LogP contribution is 2.34. The highest BCUT2D eigenvalue weighted by atomic mass is 16.4. The van der Waals surface area contributed by atoms with Crippen molar-refractivity contribution in [3.05, 3.63) is 24.3 Å². The number of aromatic nitrogens is 2. The van der Waals surface area contributed by atoms with Crippen molar-refractivity contribution in [2.75, 3.05) is 6.54 Å². The van der Waals surface area contributed by atoms with E-state index < -0.39 is 11.4 Å². The SMILES string of the molecule is O=C(NCC1(C(=O)O)CCCCCC1)c1cnccn1. The molecule has 6 nitrogen and oxygen atoms in total. The van der Waals surface area contributed by atoms with Gasteiger partial charge in [-0.3, -0.25) is 14.6 Å². The Hall–Kier alpha value is -1.98. The molecule has 1 aliphatic carbocycles. The molecule has 0 aliphatic heterocycles. The van der Waals surface area contributed by atoms with Crippen molar-refractivity contribution < 1.29 is 14.7 Å². The molecule has 108 valence electrons. The molecule has 6 heteroatoms. The summed E-state index contributed by atoms with van der Waals surface area (Å²) in [6.07, 6.45) is 9.44. The number of carbonyl (C=O) groups excluding carboxylic acids is 1. The van der Waals surface area contributed by atoms with Gasteiger partial charge in [0.1, 0.15) is 5.69 Å². The van der Waals surface area contributed by atoms with Gasteiger partial charge >= 0.3 is 5.97 Å². The number of hydrogen-bond donors (Lipinski definition) is 2. The number of carboxylic acid groups (broad SMARTS) is 1. The molecule has 0 radical (unpaired) electrons. The Morgan fingerprint density at radius 1 is 1.20 bits per heavy atom. The van der Waals surface area contributed by atoms with Crippen molar-refractivity contribution in [1.29, 1.82) is 0 Å². The van der Waals surface area contributed by atoms with Crippen LogP contribution in [0.3, 0.4) is 0 Å². The van der Waals surface area contributed by atoms with Crippen molar-refractivity contribution >= 4 is 11.9 Å². The maximum absolute atomic E-state index is 11.9. The van der Waals surface area contributed by atoms with Crippen LogP contribution in [0.5, 0.6) is 0 Å². The third kappa shape index (κ3) is 3.31. The fourth-order valence-corrected chi connectivity index (χ4v) is 2.63. The van der Waals surface area contributed by atoms with Crippen LogP contribution in [0.15, 0.2) is 18.6 Å². The largest absolute Gasteiger partial charge is 0.481 e. The Balaban J connectivity index is 2.02. The lowest BCUT2D eigenvalue weighted by Crippen LogP contribution is -2.43. The Labute approximate surface area is 117 Å². The summed E-state index contributed by atoms with van der Waals surface area (Å²) in [6, 6.07) is 0. The van der Waals surface area contributed by atoms with Crippen molar-refractivity contribution in [2.45, 2.75) is 38.5 Å². The monoisotopic (exact) mass is 277 g/mol. The van der Waals surface area contributed by atoms with Gasteiger partial charge in [0.25, 0.3) is 5.91 Å². The highest BCUT2D eigenvalue weighted by Gasteiger charge is 2.38. The first kappa shape index (κ1) is 14.4. The van der Waals surface area contributed by atoms with Gasteiger partial charge in [0.15, 0.2) is 0 Å². The van der Waals surface area contributed by atoms with Gasteiger partial charge in [-0.2, -0.15) is 0 Å². The average molecular weight is 277 g/mol. The lowest BCUT2D eigenvalue weighted by molar-refractivity contribution is -0.149. The van der Waals surface area contributed by atoms with E-state index in [1.165, 1.54) is 18.6 Å². The van der Waals surface area contributed by atoms with Gasteiger partial charge in [0, 0.05) is 18.9 Å². The number of nitrogens with zero attached hydrogens (tertiary/aromatic N) is 2. The van der Waals surface area contributed by atoms with Crippen LogP contribution in [0, 0.1) is 5.41 Å². The summed E-state index contributed by atoms with van der Waals surface area (Å²) in [5.41, 5.74) is -0.629. The van der Waals surface area contributed by atoms with Crippen LogP contribution < -0.4 is 5.32 Å². The average Bonchev–Trinajstić information content (AvgIpc) is 2.72. The Bertz CT molecular complexity index is 468. The second kappa shape index (κ2) is 6.45. The maximum Gasteiger partial charge on any atom is 0.311 e. The first-order valence-corrected chi connectivity index (χ1v) is 6.92. The number of rotatable bonds is 4. The van der Waals surface area contributed by atoms with E-state index in [0.717, 1.165) is 25.7 Å². The molecule has 1 saturated carbocycles. The second-order valence-electron chi connectivity index (χ2n) is 5.27. The number of aliphatic carboxylic acids is 1. The van der Waals surface area contributed by atoms with Crippen LogP contribution in [0.4, 0.5) is 0 Å². The van der Waals surface area contributed by atoms with Crippen molar-refractivity contribution in [3.63, 3.8) is 0 Å². The number of nitrogens with one attached hydrogen (secondary N) is 1. The summed E-state index contributed by atoms with van der Waals surface area (Å²) < 4.78 is 0. The van der Waals surface area contributed by atoms with Crippen LogP contribution in [0.2, 0.25) is 0 Å². The van der Waals surface area contributed by atoms with Crippen molar-refractivity contribution in [3.8, 4) is 0 Å². The van der Waals surface area contributed by atoms with E-state index in [9.17, 15) is 14.7 Å². The van der Waals surface area contributed by atoms with Gasteiger partial charge in [-0.05, 0) is 12.8 Å². The Morgan fingerprint density at radius 3 is 2.45 bits per heavy atom. The molecular formula is C14H19N3O3. The number of carbonyl (C=O) groups is 2. The smallest absolute Gasteiger partial charge is 0.311 e. The molecule has 0 spiro atoms. The van der Waals surface area contributed by atoms with E-state index >= 15 is 0 Å². The summed E-state index contributed by atoms with van der Waals surface area (Å²) in [4.78, 5) is 31.3. The summed E-state index contributed by atoms with van der Waals surface area (Å²) in [7, 11) is 0. The molecule has 0 bridgehead atoms. The number of hydrogen-bond acceptors (Lipinski definition) is 4.